The number of hydrogen-bond acceptors (Lipinski definition) is 4. The molecule has 1 N–H and O–H groups in total. The van der Waals surface area contributed by atoms with E-state index in [1.165, 1.54) is 47.6 Å². The molecular weight excluding hydrogens is 522 g/mol. The molecule has 204 valence electrons. The van der Waals surface area contributed by atoms with Crippen LogP contribution >= 0.6 is 11.3 Å². The molecule has 0 aliphatic heterocycles. The molecule has 11 heteroatoms. The highest BCUT2D eigenvalue weighted by Gasteiger charge is 2.34. The normalized spacial score (nSPS) is 11.3. The molecule has 3 amide bonds. The number of rotatable bonds is 11. The number of alkyl halides is 3. The van der Waals surface area contributed by atoms with E-state index in [-0.39, 0.29) is 26.2 Å². The molecule has 38 heavy (non-hydrogen) atoms. The smallest absolute Gasteiger partial charge is 0.385 e. The number of para-hydroxylation sites is 1. The summed E-state index contributed by atoms with van der Waals surface area (Å²) < 4.78 is 58.8. The van der Waals surface area contributed by atoms with E-state index >= 15 is 0 Å². The third-order valence-electron chi connectivity index (χ3n) is 5.81. The minimum absolute atomic E-state index is 0.0853. The molecule has 0 bridgehead atoms. The van der Waals surface area contributed by atoms with Crippen molar-refractivity contribution in [1.82, 2.24) is 9.80 Å². The standard InChI is InChI=1S/C27H29F4N3O3S/c1-19-12-15-38-24(19)17-34(16-20-8-10-21(28)11-9-20)25(35)18-33(13-5-14-37-2)26(36)32-23-7-4-3-6-22(23)27(29,30)31/h3-4,6-12,15H,5,13-14,16-18H2,1-2H3,(H,32,36). The lowest BCUT2D eigenvalue weighted by Crippen LogP contribution is -2.44. The predicted molar refractivity (Wildman–Crippen MR) is 138 cm³/mol. The number of amides is 3. The van der Waals surface area contributed by atoms with Crippen molar-refractivity contribution < 1.29 is 31.9 Å². The number of hydrogen-bond donors (Lipinski definition) is 1. The van der Waals surface area contributed by atoms with E-state index in [9.17, 15) is 27.2 Å². The number of benzene rings is 2. The zero-order chi connectivity index (χ0) is 27.7. The maximum Gasteiger partial charge on any atom is 0.418 e. The van der Waals surface area contributed by atoms with Gasteiger partial charge in [0.2, 0.25) is 5.91 Å². The maximum atomic E-state index is 13.5. The third-order valence-corrected chi connectivity index (χ3v) is 6.81. The van der Waals surface area contributed by atoms with E-state index in [0.29, 0.717) is 18.6 Å². The molecule has 3 rings (SSSR count). The molecule has 6 nitrogen and oxygen atoms in total. The minimum Gasteiger partial charge on any atom is -0.385 e. The van der Waals surface area contributed by atoms with Gasteiger partial charge in [0.15, 0.2) is 0 Å². The van der Waals surface area contributed by atoms with Crippen LogP contribution in [0.25, 0.3) is 0 Å². The fraction of sp³-hybridized carbons (Fsp3) is 0.333. The Morgan fingerprint density at radius 1 is 1.00 bits per heavy atom. The van der Waals surface area contributed by atoms with Crippen LogP contribution in [0.15, 0.2) is 60.0 Å². The highest BCUT2D eigenvalue weighted by molar-refractivity contribution is 7.10. The van der Waals surface area contributed by atoms with Gasteiger partial charge in [0.1, 0.15) is 12.4 Å². The number of halogens is 4. The number of methoxy groups -OCH3 is 1. The second-order valence-electron chi connectivity index (χ2n) is 8.64. The summed E-state index contributed by atoms with van der Waals surface area (Å²) >= 11 is 1.49. The molecule has 0 atom stereocenters. The van der Waals surface area contributed by atoms with Crippen molar-refractivity contribution in [3.8, 4) is 0 Å². The van der Waals surface area contributed by atoms with Crippen LogP contribution in [0, 0.1) is 12.7 Å². The van der Waals surface area contributed by atoms with E-state index < -0.39 is 35.2 Å². The second kappa shape index (κ2) is 13.4. The Bertz CT molecular complexity index is 1210. The van der Waals surface area contributed by atoms with E-state index in [2.05, 4.69) is 5.32 Å². The van der Waals surface area contributed by atoms with Gasteiger partial charge in [-0.05, 0) is 60.2 Å². The summed E-state index contributed by atoms with van der Waals surface area (Å²) in [6.07, 6.45) is -4.29. The quantitative estimate of drug-likeness (QED) is 0.224. The van der Waals surface area contributed by atoms with E-state index in [1.807, 2.05) is 18.4 Å². The largest absolute Gasteiger partial charge is 0.418 e. The summed E-state index contributed by atoms with van der Waals surface area (Å²) in [4.78, 5) is 30.3. The average Bonchev–Trinajstić information content (AvgIpc) is 3.28. The van der Waals surface area contributed by atoms with Gasteiger partial charge in [0.25, 0.3) is 0 Å². The number of nitrogens with one attached hydrogen (secondary N) is 1. The molecule has 0 saturated heterocycles. The monoisotopic (exact) mass is 551 g/mol. The number of carbonyl (C=O) groups excluding carboxylic acids is 2. The van der Waals surface area contributed by atoms with Crippen molar-refractivity contribution >= 4 is 29.0 Å². The zero-order valence-electron chi connectivity index (χ0n) is 21.1. The van der Waals surface area contributed by atoms with Crippen molar-refractivity contribution in [2.75, 3.05) is 32.1 Å². The molecule has 0 saturated carbocycles. The lowest BCUT2D eigenvalue weighted by Gasteiger charge is -2.28. The van der Waals surface area contributed by atoms with Crippen molar-refractivity contribution in [3.05, 3.63) is 87.4 Å². The summed E-state index contributed by atoms with van der Waals surface area (Å²) in [5.41, 5.74) is 0.322. The van der Waals surface area contributed by atoms with Crippen LogP contribution in [0.2, 0.25) is 0 Å². The van der Waals surface area contributed by atoms with Crippen LogP contribution in [-0.2, 0) is 28.8 Å². The number of aryl methyl sites for hydroxylation is 1. The van der Waals surface area contributed by atoms with Gasteiger partial charge in [-0.1, -0.05) is 24.3 Å². The number of nitrogens with zero attached hydrogens (tertiary/aromatic N) is 2. The number of carbonyl (C=O) groups is 2. The van der Waals surface area contributed by atoms with Crippen LogP contribution in [0.3, 0.4) is 0 Å². The highest BCUT2D eigenvalue weighted by Crippen LogP contribution is 2.34. The molecule has 0 aliphatic carbocycles. The van der Waals surface area contributed by atoms with Gasteiger partial charge in [-0.15, -0.1) is 11.3 Å². The molecule has 1 heterocycles. The zero-order valence-corrected chi connectivity index (χ0v) is 21.9. The minimum atomic E-state index is -4.66. The number of anilines is 1. The number of ether oxygens (including phenoxy) is 1. The van der Waals surface area contributed by atoms with Crippen LogP contribution in [-0.4, -0.2) is 48.5 Å². The van der Waals surface area contributed by atoms with E-state index in [4.69, 9.17) is 4.74 Å². The van der Waals surface area contributed by atoms with E-state index in [1.54, 1.807) is 17.0 Å². The molecule has 2 aromatic carbocycles. The fourth-order valence-corrected chi connectivity index (χ4v) is 4.65. The first-order chi connectivity index (χ1) is 18.1. The molecule has 0 radical (unpaired) electrons. The van der Waals surface area contributed by atoms with Gasteiger partial charge >= 0.3 is 12.2 Å². The molecule has 1 aromatic heterocycles. The van der Waals surface area contributed by atoms with Gasteiger partial charge in [0, 0.05) is 31.7 Å². The Morgan fingerprint density at radius 2 is 1.71 bits per heavy atom. The molecule has 0 unspecified atom stereocenters. The average molecular weight is 552 g/mol. The Labute approximate surface area is 222 Å². The number of urea groups is 1. The predicted octanol–water partition coefficient (Wildman–Crippen LogP) is 6.31. The van der Waals surface area contributed by atoms with Gasteiger partial charge in [0.05, 0.1) is 17.8 Å². The Balaban J connectivity index is 1.82. The van der Waals surface area contributed by atoms with Crippen LogP contribution in [0.4, 0.5) is 28.0 Å². The van der Waals surface area contributed by atoms with Crippen LogP contribution in [0.1, 0.15) is 28.0 Å². The highest BCUT2D eigenvalue weighted by atomic mass is 32.1. The van der Waals surface area contributed by atoms with Crippen molar-refractivity contribution in [2.45, 2.75) is 32.6 Å². The summed E-state index contributed by atoms with van der Waals surface area (Å²) in [5, 5.41) is 4.23. The summed E-state index contributed by atoms with van der Waals surface area (Å²) in [6, 6.07) is 11.5. The Morgan fingerprint density at radius 3 is 2.34 bits per heavy atom. The summed E-state index contributed by atoms with van der Waals surface area (Å²) in [5.74, 6) is -0.806. The van der Waals surface area contributed by atoms with Crippen molar-refractivity contribution in [1.29, 1.82) is 0 Å². The van der Waals surface area contributed by atoms with E-state index in [0.717, 1.165) is 22.6 Å². The summed E-state index contributed by atoms with van der Waals surface area (Å²) in [7, 11) is 1.49. The molecular formula is C27H29F4N3O3S. The SMILES string of the molecule is COCCCN(CC(=O)N(Cc1ccc(F)cc1)Cc1sccc1C)C(=O)Nc1ccccc1C(F)(F)F. The summed E-state index contributed by atoms with van der Waals surface area (Å²) in [6.45, 7) is 2.38. The first kappa shape index (κ1) is 29.1. The number of thiophene rings is 1. The molecule has 0 aliphatic rings. The fourth-order valence-electron chi connectivity index (χ4n) is 3.73. The Hall–Kier alpha value is -3.44. The van der Waals surface area contributed by atoms with Crippen LogP contribution < -0.4 is 5.32 Å². The second-order valence-corrected chi connectivity index (χ2v) is 9.65. The lowest BCUT2D eigenvalue weighted by molar-refractivity contribution is -0.137. The topological polar surface area (TPSA) is 61.9 Å². The molecule has 3 aromatic rings. The molecule has 0 spiro atoms. The van der Waals surface area contributed by atoms with Gasteiger partial charge < -0.3 is 19.9 Å². The lowest BCUT2D eigenvalue weighted by atomic mass is 10.1. The van der Waals surface area contributed by atoms with Gasteiger partial charge in [-0.3, -0.25) is 4.79 Å². The first-order valence-corrected chi connectivity index (χ1v) is 12.7. The van der Waals surface area contributed by atoms with Crippen molar-refractivity contribution in [3.63, 3.8) is 0 Å². The maximum absolute atomic E-state index is 13.5. The van der Waals surface area contributed by atoms with Crippen LogP contribution in [0.5, 0.6) is 0 Å². The van der Waals surface area contributed by atoms with Gasteiger partial charge in [-0.2, -0.15) is 13.2 Å². The third kappa shape index (κ3) is 8.29. The van der Waals surface area contributed by atoms with Crippen molar-refractivity contribution in [2.24, 2.45) is 0 Å². The molecule has 0 fully saturated rings. The first-order valence-electron chi connectivity index (χ1n) is 11.8. The van der Waals surface area contributed by atoms with Gasteiger partial charge in [-0.25, -0.2) is 9.18 Å². The Kier molecular flexibility index (Phi) is 10.3.